The van der Waals surface area contributed by atoms with Gasteiger partial charge in [0.2, 0.25) is 5.91 Å². The number of hydrogen-bond acceptors (Lipinski definition) is 5. The Hall–Kier alpha value is -3.48. The van der Waals surface area contributed by atoms with Crippen LogP contribution in [0.25, 0.3) is 16.6 Å². The number of benzene rings is 2. The van der Waals surface area contributed by atoms with Crippen LogP contribution >= 0.6 is 0 Å². The van der Waals surface area contributed by atoms with Gasteiger partial charge in [0.25, 0.3) is 5.78 Å². The highest BCUT2D eigenvalue weighted by atomic mass is 16.5. The monoisotopic (exact) mass is 389 g/mol. The van der Waals surface area contributed by atoms with E-state index in [4.69, 9.17) is 4.74 Å². The van der Waals surface area contributed by atoms with E-state index in [9.17, 15) is 4.79 Å². The number of aryl methyl sites for hydroxylation is 2. The summed E-state index contributed by atoms with van der Waals surface area (Å²) in [6.07, 6.45) is 7.94. The first kappa shape index (κ1) is 18.9. The zero-order valence-electron chi connectivity index (χ0n) is 16.3. The average Bonchev–Trinajstić information content (AvgIpc) is 3.23. The molecule has 29 heavy (non-hydrogen) atoms. The fourth-order valence-electron chi connectivity index (χ4n) is 3.50. The molecule has 7 heteroatoms. The highest BCUT2D eigenvalue weighted by molar-refractivity contribution is 5.88. The molecular formula is C22H23N5O2. The van der Waals surface area contributed by atoms with Gasteiger partial charge in [0, 0.05) is 30.9 Å². The molecule has 0 radical (unpaired) electrons. The number of amides is 1. The van der Waals surface area contributed by atoms with Gasteiger partial charge < -0.3 is 10.1 Å². The molecule has 4 aromatic rings. The molecule has 2 aromatic heterocycles. The Kier molecular flexibility index (Phi) is 5.65. The number of rotatable bonds is 8. The molecule has 4 rings (SSSR count). The van der Waals surface area contributed by atoms with Gasteiger partial charge >= 0.3 is 0 Å². The average molecular weight is 389 g/mol. The first-order valence-corrected chi connectivity index (χ1v) is 9.70. The standard InChI is InChI=1S/C22H23N5O2/c1-29-20-10-8-17-6-2-3-7-18(17)19(20)9-11-21(28)23-12-4-5-16-13-24-22-25-15-26-27(22)14-16/h2-3,6-8,10,13-15H,4-5,9,11-12H2,1H3,(H,23,28). The van der Waals surface area contributed by atoms with Gasteiger partial charge in [0.05, 0.1) is 7.11 Å². The van der Waals surface area contributed by atoms with Gasteiger partial charge in [-0.3, -0.25) is 4.79 Å². The molecule has 2 aromatic carbocycles. The maximum absolute atomic E-state index is 12.3. The van der Waals surface area contributed by atoms with Crippen molar-refractivity contribution >= 4 is 22.5 Å². The molecule has 0 bridgehead atoms. The van der Waals surface area contributed by atoms with Gasteiger partial charge in [-0.05, 0) is 41.7 Å². The molecular weight excluding hydrogens is 366 g/mol. The minimum atomic E-state index is 0.0461. The predicted molar refractivity (Wildman–Crippen MR) is 111 cm³/mol. The maximum atomic E-state index is 12.3. The topological polar surface area (TPSA) is 81.4 Å². The van der Waals surface area contributed by atoms with Crippen LogP contribution in [0.15, 0.2) is 55.1 Å². The summed E-state index contributed by atoms with van der Waals surface area (Å²) in [6, 6.07) is 12.2. The molecule has 0 spiro atoms. The van der Waals surface area contributed by atoms with Gasteiger partial charge in [-0.15, -0.1) is 0 Å². The summed E-state index contributed by atoms with van der Waals surface area (Å²) in [6.45, 7) is 0.626. The Bertz CT molecular complexity index is 1140. The highest BCUT2D eigenvalue weighted by Gasteiger charge is 2.10. The SMILES string of the molecule is COc1ccc2ccccc2c1CCC(=O)NCCCc1cnc2ncnn2c1. The number of nitrogens with zero attached hydrogens (tertiary/aromatic N) is 4. The van der Waals surface area contributed by atoms with Crippen LogP contribution in [0.5, 0.6) is 5.75 Å². The summed E-state index contributed by atoms with van der Waals surface area (Å²) in [5.74, 6) is 1.46. The molecule has 0 saturated heterocycles. The predicted octanol–water partition coefficient (Wildman–Crippen LogP) is 2.97. The van der Waals surface area contributed by atoms with Crippen LogP contribution < -0.4 is 10.1 Å². The number of carbonyl (C=O) groups excluding carboxylic acids is 1. The Morgan fingerprint density at radius 3 is 2.93 bits per heavy atom. The van der Waals surface area contributed by atoms with E-state index >= 15 is 0 Å². The molecule has 7 nitrogen and oxygen atoms in total. The first-order valence-electron chi connectivity index (χ1n) is 9.70. The molecule has 1 N–H and O–H groups in total. The summed E-state index contributed by atoms with van der Waals surface area (Å²) in [7, 11) is 1.67. The van der Waals surface area contributed by atoms with Crippen molar-refractivity contribution in [2.24, 2.45) is 0 Å². The third kappa shape index (κ3) is 4.34. The van der Waals surface area contributed by atoms with E-state index in [0.717, 1.165) is 40.5 Å². The van der Waals surface area contributed by atoms with E-state index in [1.54, 1.807) is 17.8 Å². The molecule has 148 valence electrons. The lowest BCUT2D eigenvalue weighted by atomic mass is 9.99. The number of nitrogens with one attached hydrogen (secondary N) is 1. The summed E-state index contributed by atoms with van der Waals surface area (Å²) >= 11 is 0. The Morgan fingerprint density at radius 1 is 1.14 bits per heavy atom. The number of ether oxygens (including phenoxy) is 1. The van der Waals surface area contributed by atoms with E-state index in [0.29, 0.717) is 25.2 Å². The van der Waals surface area contributed by atoms with Crippen LogP contribution in [0.2, 0.25) is 0 Å². The second-order valence-corrected chi connectivity index (χ2v) is 6.89. The van der Waals surface area contributed by atoms with Gasteiger partial charge in [-0.1, -0.05) is 30.3 Å². The minimum Gasteiger partial charge on any atom is -0.496 e. The quantitative estimate of drug-likeness (QED) is 0.469. The lowest BCUT2D eigenvalue weighted by molar-refractivity contribution is -0.121. The fraction of sp³-hybridized carbons (Fsp3) is 0.273. The Morgan fingerprint density at radius 2 is 2.03 bits per heavy atom. The van der Waals surface area contributed by atoms with Gasteiger partial charge in [0.15, 0.2) is 0 Å². The highest BCUT2D eigenvalue weighted by Crippen LogP contribution is 2.29. The van der Waals surface area contributed by atoms with Crippen molar-refractivity contribution in [3.8, 4) is 5.75 Å². The van der Waals surface area contributed by atoms with Crippen molar-refractivity contribution in [3.63, 3.8) is 0 Å². The van der Waals surface area contributed by atoms with Crippen LogP contribution in [0.1, 0.15) is 24.0 Å². The van der Waals surface area contributed by atoms with Crippen molar-refractivity contribution < 1.29 is 9.53 Å². The van der Waals surface area contributed by atoms with E-state index in [1.165, 1.54) is 6.33 Å². The van der Waals surface area contributed by atoms with E-state index in [2.05, 4.69) is 32.5 Å². The Balaban J connectivity index is 1.28. The van der Waals surface area contributed by atoms with Crippen molar-refractivity contribution in [1.29, 1.82) is 0 Å². The lowest BCUT2D eigenvalue weighted by Crippen LogP contribution is -2.25. The summed E-state index contributed by atoms with van der Waals surface area (Å²) in [5.41, 5.74) is 2.14. The van der Waals surface area contributed by atoms with Crippen LogP contribution in [0, 0.1) is 0 Å². The van der Waals surface area contributed by atoms with E-state index < -0.39 is 0 Å². The van der Waals surface area contributed by atoms with Crippen molar-refractivity contribution in [2.45, 2.75) is 25.7 Å². The molecule has 0 aliphatic rings. The lowest BCUT2D eigenvalue weighted by Gasteiger charge is -2.12. The number of carbonyl (C=O) groups is 1. The Labute approximate surface area is 168 Å². The molecule has 0 unspecified atom stereocenters. The van der Waals surface area contributed by atoms with Crippen LogP contribution in [-0.2, 0) is 17.6 Å². The van der Waals surface area contributed by atoms with Crippen LogP contribution in [0.3, 0.4) is 0 Å². The number of hydrogen-bond donors (Lipinski definition) is 1. The fourth-order valence-corrected chi connectivity index (χ4v) is 3.50. The third-order valence-electron chi connectivity index (χ3n) is 4.97. The van der Waals surface area contributed by atoms with E-state index in [-0.39, 0.29) is 5.91 Å². The molecule has 1 amide bonds. The number of fused-ring (bicyclic) bond motifs is 2. The molecule has 0 saturated carbocycles. The van der Waals surface area contributed by atoms with Gasteiger partial charge in [-0.2, -0.15) is 10.1 Å². The van der Waals surface area contributed by atoms with Gasteiger partial charge in [-0.25, -0.2) is 9.50 Å². The normalized spacial score (nSPS) is 11.1. The third-order valence-corrected chi connectivity index (χ3v) is 4.97. The minimum absolute atomic E-state index is 0.0461. The summed E-state index contributed by atoms with van der Waals surface area (Å²) in [5, 5.41) is 9.38. The second kappa shape index (κ2) is 8.68. The zero-order chi connectivity index (χ0) is 20.1. The maximum Gasteiger partial charge on any atom is 0.252 e. The molecule has 0 aliphatic heterocycles. The summed E-state index contributed by atoms with van der Waals surface area (Å²) < 4.78 is 7.17. The van der Waals surface area contributed by atoms with Crippen molar-refractivity contribution in [3.05, 3.63) is 66.2 Å². The first-order chi connectivity index (χ1) is 14.2. The largest absolute Gasteiger partial charge is 0.496 e. The van der Waals surface area contributed by atoms with Crippen molar-refractivity contribution in [1.82, 2.24) is 24.9 Å². The zero-order valence-corrected chi connectivity index (χ0v) is 16.3. The smallest absolute Gasteiger partial charge is 0.252 e. The van der Waals surface area contributed by atoms with Crippen LogP contribution in [0.4, 0.5) is 0 Å². The van der Waals surface area contributed by atoms with Crippen LogP contribution in [-0.4, -0.2) is 39.1 Å². The molecule has 0 fully saturated rings. The van der Waals surface area contributed by atoms with E-state index in [1.807, 2.05) is 30.5 Å². The number of methoxy groups -OCH3 is 1. The second-order valence-electron chi connectivity index (χ2n) is 6.89. The number of aromatic nitrogens is 4. The molecule has 0 atom stereocenters. The molecule has 2 heterocycles. The van der Waals surface area contributed by atoms with Crippen molar-refractivity contribution in [2.75, 3.05) is 13.7 Å². The summed E-state index contributed by atoms with van der Waals surface area (Å²) in [4.78, 5) is 20.6. The van der Waals surface area contributed by atoms with Gasteiger partial charge in [0.1, 0.15) is 12.1 Å². The molecule has 0 aliphatic carbocycles.